The number of carboxylic acids is 1. The molecule has 0 aliphatic heterocycles. The topological polar surface area (TPSA) is 171 Å². The fourth-order valence-electron chi connectivity index (χ4n) is 1.54. The minimum atomic E-state index is -1.32. The summed E-state index contributed by atoms with van der Waals surface area (Å²) in [6.07, 6.45) is 0. The van der Waals surface area contributed by atoms with Gasteiger partial charge in [-0.25, -0.2) is 4.79 Å². The highest BCUT2D eigenvalue weighted by Gasteiger charge is 2.28. The molecule has 0 fully saturated rings. The number of nitrogens with one attached hydrogen (secondary N) is 3. The van der Waals surface area contributed by atoms with Crippen molar-refractivity contribution in [3.63, 3.8) is 0 Å². The van der Waals surface area contributed by atoms with Gasteiger partial charge in [-0.1, -0.05) is 13.8 Å². The summed E-state index contributed by atoms with van der Waals surface area (Å²) in [5, 5.41) is 24.8. The zero-order valence-electron chi connectivity index (χ0n) is 13.3. The van der Waals surface area contributed by atoms with Crippen LogP contribution in [0, 0.1) is 5.92 Å². The minimum Gasteiger partial charge on any atom is -0.480 e. The molecule has 10 nitrogen and oxygen atoms in total. The molecule has 0 unspecified atom stereocenters. The van der Waals surface area contributed by atoms with E-state index in [1.165, 1.54) is 6.92 Å². The van der Waals surface area contributed by atoms with Crippen molar-refractivity contribution < 1.29 is 29.4 Å². The Morgan fingerprint density at radius 1 is 1.04 bits per heavy atom. The SMILES string of the molecule is CC(C)[C@H](NC(=O)[C@H](CO)NC(=O)CNC(=O)[C@H](C)N)C(=O)O. The number of rotatable bonds is 9. The number of hydrogen-bond acceptors (Lipinski definition) is 6. The van der Waals surface area contributed by atoms with Gasteiger partial charge in [-0.15, -0.1) is 0 Å². The van der Waals surface area contributed by atoms with E-state index in [0.717, 1.165) is 0 Å². The number of hydrogen-bond donors (Lipinski definition) is 6. The Kier molecular flexibility index (Phi) is 8.81. The lowest BCUT2D eigenvalue weighted by molar-refractivity contribution is -0.143. The van der Waals surface area contributed by atoms with Gasteiger partial charge in [0.15, 0.2) is 0 Å². The average Bonchev–Trinajstić information content (AvgIpc) is 2.46. The summed E-state index contributed by atoms with van der Waals surface area (Å²) in [6.45, 7) is 3.51. The van der Waals surface area contributed by atoms with Crippen molar-refractivity contribution in [1.29, 1.82) is 0 Å². The van der Waals surface area contributed by atoms with Gasteiger partial charge < -0.3 is 31.9 Å². The van der Waals surface area contributed by atoms with Gasteiger partial charge in [0.2, 0.25) is 17.7 Å². The third-order valence-corrected chi connectivity index (χ3v) is 2.90. The van der Waals surface area contributed by atoms with Gasteiger partial charge >= 0.3 is 5.97 Å². The quantitative estimate of drug-likeness (QED) is 0.264. The van der Waals surface area contributed by atoms with E-state index in [4.69, 9.17) is 10.8 Å². The van der Waals surface area contributed by atoms with Crippen LogP contribution in [-0.2, 0) is 19.2 Å². The highest BCUT2D eigenvalue weighted by molar-refractivity contribution is 5.92. The Balaban J connectivity index is 4.58. The molecule has 0 saturated carbocycles. The van der Waals surface area contributed by atoms with Gasteiger partial charge in [-0.2, -0.15) is 0 Å². The fourth-order valence-corrected chi connectivity index (χ4v) is 1.54. The maximum absolute atomic E-state index is 11.9. The molecular formula is C13H24N4O6. The Morgan fingerprint density at radius 3 is 2.00 bits per heavy atom. The molecule has 3 amide bonds. The monoisotopic (exact) mass is 332 g/mol. The fraction of sp³-hybridized carbons (Fsp3) is 0.692. The van der Waals surface area contributed by atoms with Crippen LogP contribution < -0.4 is 21.7 Å². The van der Waals surface area contributed by atoms with Crippen molar-refractivity contribution in [2.45, 2.75) is 38.9 Å². The third-order valence-electron chi connectivity index (χ3n) is 2.90. The van der Waals surface area contributed by atoms with Crippen molar-refractivity contribution in [2.24, 2.45) is 11.7 Å². The first kappa shape index (κ1) is 20.8. The molecule has 0 rings (SSSR count). The van der Waals surface area contributed by atoms with Crippen molar-refractivity contribution in [3.8, 4) is 0 Å². The normalized spacial score (nSPS) is 14.5. The van der Waals surface area contributed by atoms with Gasteiger partial charge in [0.25, 0.3) is 0 Å². The Hall–Kier alpha value is -2.20. The van der Waals surface area contributed by atoms with Crippen LogP contribution in [0.2, 0.25) is 0 Å². The van der Waals surface area contributed by atoms with Gasteiger partial charge in [0.1, 0.15) is 12.1 Å². The number of aliphatic carboxylic acids is 1. The van der Waals surface area contributed by atoms with E-state index in [2.05, 4.69) is 16.0 Å². The number of carboxylic acid groups (broad SMARTS) is 1. The van der Waals surface area contributed by atoms with Crippen LogP contribution in [0.3, 0.4) is 0 Å². The van der Waals surface area contributed by atoms with Gasteiger partial charge in [-0.05, 0) is 12.8 Å². The Morgan fingerprint density at radius 2 is 1.61 bits per heavy atom. The average molecular weight is 332 g/mol. The maximum atomic E-state index is 11.9. The summed E-state index contributed by atoms with van der Waals surface area (Å²) in [4.78, 5) is 45.8. The summed E-state index contributed by atoms with van der Waals surface area (Å²) in [6, 6.07) is -3.26. The van der Waals surface area contributed by atoms with E-state index in [0.29, 0.717) is 0 Å². The second-order valence-corrected chi connectivity index (χ2v) is 5.38. The molecule has 0 aromatic heterocycles. The van der Waals surface area contributed by atoms with E-state index >= 15 is 0 Å². The Bertz CT molecular complexity index is 452. The first-order valence-electron chi connectivity index (χ1n) is 7.06. The van der Waals surface area contributed by atoms with Crippen molar-refractivity contribution >= 4 is 23.7 Å². The molecule has 7 N–H and O–H groups in total. The van der Waals surface area contributed by atoms with E-state index in [1.54, 1.807) is 13.8 Å². The van der Waals surface area contributed by atoms with E-state index < -0.39 is 55.0 Å². The standard InChI is InChI=1S/C13H24N4O6/c1-6(2)10(13(22)23)17-12(21)8(5-18)16-9(19)4-15-11(20)7(3)14/h6-8,10,18H,4-5,14H2,1-3H3,(H,15,20)(H,16,19)(H,17,21)(H,22,23)/t7-,8-,10-/m0/s1. The molecular weight excluding hydrogens is 308 g/mol. The minimum absolute atomic E-state index is 0.378. The molecule has 0 spiro atoms. The number of carbonyl (C=O) groups excluding carboxylic acids is 3. The van der Waals surface area contributed by atoms with Crippen LogP contribution in [0.25, 0.3) is 0 Å². The summed E-state index contributed by atoms with van der Waals surface area (Å²) >= 11 is 0. The molecule has 0 aromatic carbocycles. The van der Waals surface area contributed by atoms with Crippen molar-refractivity contribution in [2.75, 3.05) is 13.2 Å². The zero-order valence-corrected chi connectivity index (χ0v) is 13.3. The molecule has 0 radical (unpaired) electrons. The summed E-state index contributed by atoms with van der Waals surface area (Å²) in [5.74, 6) is -3.70. The summed E-state index contributed by atoms with van der Waals surface area (Å²) < 4.78 is 0. The van der Waals surface area contributed by atoms with Gasteiger partial charge in [-0.3, -0.25) is 14.4 Å². The molecule has 0 aliphatic carbocycles. The molecule has 23 heavy (non-hydrogen) atoms. The molecule has 10 heteroatoms. The lowest BCUT2D eigenvalue weighted by Crippen LogP contribution is -2.55. The van der Waals surface area contributed by atoms with Gasteiger partial charge in [0.05, 0.1) is 19.2 Å². The van der Waals surface area contributed by atoms with Crippen LogP contribution in [-0.4, -0.2) is 65.2 Å². The van der Waals surface area contributed by atoms with Gasteiger partial charge in [0, 0.05) is 0 Å². The van der Waals surface area contributed by atoms with E-state index in [9.17, 15) is 24.3 Å². The van der Waals surface area contributed by atoms with Crippen LogP contribution >= 0.6 is 0 Å². The molecule has 0 aliphatic rings. The first-order chi connectivity index (χ1) is 10.6. The van der Waals surface area contributed by atoms with E-state index in [1.807, 2.05) is 0 Å². The van der Waals surface area contributed by atoms with Crippen LogP contribution in [0.15, 0.2) is 0 Å². The second-order valence-electron chi connectivity index (χ2n) is 5.38. The largest absolute Gasteiger partial charge is 0.480 e. The molecule has 3 atom stereocenters. The smallest absolute Gasteiger partial charge is 0.326 e. The molecule has 132 valence electrons. The second kappa shape index (κ2) is 9.74. The number of amides is 3. The Labute approximate surface area is 133 Å². The zero-order chi connectivity index (χ0) is 18.2. The van der Waals surface area contributed by atoms with Crippen LogP contribution in [0.1, 0.15) is 20.8 Å². The lowest BCUT2D eigenvalue weighted by atomic mass is 10.0. The molecule has 0 bridgehead atoms. The predicted octanol–water partition coefficient (Wildman–Crippen LogP) is -2.85. The molecule has 0 saturated heterocycles. The number of carbonyl (C=O) groups is 4. The highest BCUT2D eigenvalue weighted by atomic mass is 16.4. The van der Waals surface area contributed by atoms with Crippen molar-refractivity contribution in [3.05, 3.63) is 0 Å². The van der Waals surface area contributed by atoms with Crippen molar-refractivity contribution in [1.82, 2.24) is 16.0 Å². The predicted molar refractivity (Wildman–Crippen MR) is 80.1 cm³/mol. The number of aliphatic hydroxyl groups is 1. The summed E-state index contributed by atoms with van der Waals surface area (Å²) in [5.41, 5.74) is 5.31. The van der Waals surface area contributed by atoms with Crippen LogP contribution in [0.4, 0.5) is 0 Å². The highest BCUT2D eigenvalue weighted by Crippen LogP contribution is 2.02. The third kappa shape index (κ3) is 7.56. The van der Waals surface area contributed by atoms with Crippen LogP contribution in [0.5, 0.6) is 0 Å². The lowest BCUT2D eigenvalue weighted by Gasteiger charge is -2.22. The van der Waals surface area contributed by atoms with E-state index in [-0.39, 0.29) is 5.92 Å². The molecule has 0 aromatic rings. The number of nitrogens with two attached hydrogens (primary N) is 1. The first-order valence-corrected chi connectivity index (χ1v) is 7.06. The molecule has 0 heterocycles. The maximum Gasteiger partial charge on any atom is 0.326 e. The summed E-state index contributed by atoms with van der Waals surface area (Å²) in [7, 11) is 0. The number of aliphatic hydroxyl groups excluding tert-OH is 1.